The van der Waals surface area contributed by atoms with E-state index < -0.39 is 0 Å². The number of aromatic nitrogens is 1. The molecule has 8 heteroatoms. The fraction of sp³-hybridized carbons (Fsp3) is 0.400. The lowest BCUT2D eigenvalue weighted by Crippen LogP contribution is -2.34. The molecule has 0 fully saturated rings. The number of fused-ring (bicyclic) bond motifs is 1. The molecule has 0 spiro atoms. The first-order valence-electron chi connectivity index (χ1n) is 11.1. The van der Waals surface area contributed by atoms with Crippen LogP contribution in [0.15, 0.2) is 53.5 Å². The van der Waals surface area contributed by atoms with Crippen LogP contribution >= 0.6 is 0 Å². The first kappa shape index (κ1) is 27.8. The Morgan fingerprint density at radius 3 is 2.76 bits per heavy atom. The molecule has 1 aliphatic heterocycles. The summed E-state index contributed by atoms with van der Waals surface area (Å²) in [7, 11) is 3.39. The second-order valence-corrected chi connectivity index (χ2v) is 7.08. The second-order valence-electron chi connectivity index (χ2n) is 7.08. The molecule has 33 heavy (non-hydrogen) atoms. The minimum absolute atomic E-state index is 0.367. The van der Waals surface area contributed by atoms with E-state index >= 15 is 0 Å². The van der Waals surface area contributed by atoms with Crippen molar-refractivity contribution in [2.24, 2.45) is 16.5 Å². The van der Waals surface area contributed by atoms with E-state index in [-0.39, 0.29) is 6.04 Å². The van der Waals surface area contributed by atoms with Crippen molar-refractivity contribution >= 4 is 22.9 Å². The van der Waals surface area contributed by atoms with Crippen molar-refractivity contribution in [2.45, 2.75) is 32.7 Å². The van der Waals surface area contributed by atoms with Crippen LogP contribution in [0.1, 0.15) is 25.8 Å². The smallest absolute Gasteiger partial charge is 0.145 e. The zero-order valence-electron chi connectivity index (χ0n) is 20.1. The van der Waals surface area contributed by atoms with E-state index in [0.717, 1.165) is 42.8 Å². The summed E-state index contributed by atoms with van der Waals surface area (Å²) in [5.74, 6) is 3.58. The lowest BCUT2D eigenvalue weighted by Gasteiger charge is -2.25. The predicted molar refractivity (Wildman–Crippen MR) is 137 cm³/mol. The molecule has 1 aliphatic rings. The Morgan fingerprint density at radius 2 is 2.06 bits per heavy atom. The monoisotopic (exact) mass is 451 g/mol. The summed E-state index contributed by atoms with van der Waals surface area (Å²) in [4.78, 5) is 21.3. The number of nitrogens with one attached hydrogen (secondary N) is 2. The Hall–Kier alpha value is -3.25. The number of hydrogen-bond acceptors (Lipinski definition) is 8. The Labute approximate surface area is 197 Å². The van der Waals surface area contributed by atoms with Gasteiger partial charge >= 0.3 is 0 Å². The molecule has 6 N–H and O–H groups in total. The van der Waals surface area contributed by atoms with Crippen molar-refractivity contribution in [3.05, 3.63) is 54.1 Å². The number of benzene rings is 1. The van der Waals surface area contributed by atoms with Crippen molar-refractivity contribution in [2.75, 3.05) is 33.7 Å². The molecular weight excluding hydrogens is 414 g/mol. The molecule has 0 saturated carbocycles. The third kappa shape index (κ3) is 9.83. The van der Waals surface area contributed by atoms with E-state index in [1.807, 2.05) is 31.1 Å². The molecule has 0 amide bonds. The van der Waals surface area contributed by atoms with Crippen molar-refractivity contribution in [3.8, 4) is 12.0 Å². The maximum atomic E-state index is 10.5. The second kappa shape index (κ2) is 16.4. The topological polar surface area (TPSA) is 122 Å². The normalized spacial score (nSPS) is 17.5. The van der Waals surface area contributed by atoms with Gasteiger partial charge < -0.3 is 31.8 Å². The van der Waals surface area contributed by atoms with E-state index in [4.69, 9.17) is 5.73 Å². The maximum Gasteiger partial charge on any atom is 0.145 e. The van der Waals surface area contributed by atoms with Gasteiger partial charge in [0.15, 0.2) is 0 Å². The number of nitrogens with two attached hydrogens (primary N) is 2. The third-order valence-electron chi connectivity index (χ3n) is 4.79. The van der Waals surface area contributed by atoms with Crippen LogP contribution in [0.25, 0.3) is 10.9 Å². The van der Waals surface area contributed by atoms with Gasteiger partial charge in [0.1, 0.15) is 18.1 Å². The van der Waals surface area contributed by atoms with Crippen LogP contribution in [0.2, 0.25) is 0 Å². The number of aldehydes is 1. The summed E-state index contributed by atoms with van der Waals surface area (Å²) >= 11 is 0. The zero-order valence-corrected chi connectivity index (χ0v) is 20.1. The van der Waals surface area contributed by atoms with Gasteiger partial charge in [0.25, 0.3) is 0 Å². The number of aryl methyl sites for hydroxylation is 1. The molecule has 1 aromatic heterocycles. The quantitative estimate of drug-likeness (QED) is 0.355. The maximum absolute atomic E-state index is 10.5. The molecule has 0 aliphatic carbocycles. The first-order chi connectivity index (χ1) is 16.1. The number of aliphatic imine (C=N–C) groups is 1. The average molecular weight is 452 g/mol. The number of rotatable bonds is 8. The highest BCUT2D eigenvalue weighted by molar-refractivity contribution is 5.90. The largest absolute Gasteiger partial charge is 0.354 e. The van der Waals surface area contributed by atoms with E-state index in [1.54, 1.807) is 6.20 Å². The molecule has 0 bridgehead atoms. The van der Waals surface area contributed by atoms with Gasteiger partial charge in [-0.2, -0.15) is 0 Å². The summed E-state index contributed by atoms with van der Waals surface area (Å²) in [6, 6.07) is 12.9. The highest BCUT2D eigenvalue weighted by Crippen LogP contribution is 2.13. The van der Waals surface area contributed by atoms with Gasteiger partial charge in [-0.1, -0.05) is 25.0 Å². The lowest BCUT2D eigenvalue weighted by molar-refractivity contribution is -0.108. The van der Waals surface area contributed by atoms with Gasteiger partial charge in [0.05, 0.1) is 11.7 Å². The van der Waals surface area contributed by atoms with Crippen LogP contribution in [-0.4, -0.2) is 61.7 Å². The van der Waals surface area contributed by atoms with Gasteiger partial charge in [-0.3, -0.25) is 4.98 Å². The number of nitrogens with zero attached hydrogens (tertiary/aromatic N) is 3. The van der Waals surface area contributed by atoms with Crippen molar-refractivity contribution in [1.29, 1.82) is 0 Å². The molecule has 2 aromatic rings. The summed E-state index contributed by atoms with van der Waals surface area (Å²) in [5.41, 5.74) is 13.6. The molecule has 1 atom stereocenters. The fourth-order valence-electron chi connectivity index (χ4n) is 2.91. The standard InChI is InChI=1S/C13H21N5O.C11H11N.CH5N/c1-11-12(14)4-5-16-10-13(17-11)18(7-3-9-19)8-6-15-2;1-2-9-5-6-11-10(8-9)4-3-7-12-11;1-2/h9-10,12,15-16H,3,6-8,14H2,1-2H3;3-8H,2H2,1H3;2H2,1H3/b13-10+,17-11-;;. The van der Waals surface area contributed by atoms with E-state index in [9.17, 15) is 4.79 Å². The summed E-state index contributed by atoms with van der Waals surface area (Å²) in [6.07, 6.45) is 6.03. The SMILES string of the molecule is CCc1ccc2ncccc2c1.CN.CNCCN(CCC=O)C1=C/NC#CC(N)/C(C)=N\1. The molecule has 0 radical (unpaired) electrons. The van der Waals surface area contributed by atoms with Crippen LogP contribution < -0.4 is 22.1 Å². The van der Waals surface area contributed by atoms with Gasteiger partial charge in [0, 0.05) is 49.4 Å². The molecular formula is C25H37N7O. The molecule has 2 heterocycles. The predicted octanol–water partition coefficient (Wildman–Crippen LogP) is 1.62. The van der Waals surface area contributed by atoms with E-state index in [0.29, 0.717) is 13.0 Å². The first-order valence-corrected chi connectivity index (χ1v) is 11.1. The molecule has 178 valence electrons. The molecule has 8 nitrogen and oxygen atoms in total. The van der Waals surface area contributed by atoms with Crippen LogP contribution in [0.3, 0.4) is 0 Å². The Bertz CT molecular complexity index is 975. The van der Waals surface area contributed by atoms with Crippen LogP contribution in [0.5, 0.6) is 0 Å². The van der Waals surface area contributed by atoms with Gasteiger partial charge in [-0.05, 0) is 51.2 Å². The minimum Gasteiger partial charge on any atom is -0.354 e. The van der Waals surface area contributed by atoms with Crippen molar-refractivity contribution in [1.82, 2.24) is 20.5 Å². The lowest BCUT2D eigenvalue weighted by atomic mass is 10.1. The van der Waals surface area contributed by atoms with Gasteiger partial charge in [-0.25, -0.2) is 4.99 Å². The van der Waals surface area contributed by atoms with E-state index in [2.05, 4.69) is 69.5 Å². The highest BCUT2D eigenvalue weighted by Gasteiger charge is 2.12. The summed E-state index contributed by atoms with van der Waals surface area (Å²) in [5, 5.41) is 7.18. The third-order valence-corrected chi connectivity index (χ3v) is 4.79. The minimum atomic E-state index is -0.367. The number of hydrogen-bond donors (Lipinski definition) is 4. The number of carbonyl (C=O) groups excluding carboxylic acids is 1. The number of pyridine rings is 1. The Kier molecular flexibility index (Phi) is 13.8. The zero-order chi connectivity index (χ0) is 24.5. The van der Waals surface area contributed by atoms with Gasteiger partial charge in [0.2, 0.25) is 0 Å². The van der Waals surface area contributed by atoms with E-state index in [1.165, 1.54) is 18.0 Å². The number of carbonyl (C=O) groups is 1. The number of likely N-dealkylation sites (N-methyl/N-ethyl adjacent to an activating group) is 1. The van der Waals surface area contributed by atoms with Crippen molar-refractivity contribution < 1.29 is 4.79 Å². The van der Waals surface area contributed by atoms with Crippen LogP contribution in [-0.2, 0) is 11.2 Å². The average Bonchev–Trinajstić information content (AvgIpc) is 2.86. The van der Waals surface area contributed by atoms with Crippen molar-refractivity contribution in [3.63, 3.8) is 0 Å². The summed E-state index contributed by atoms with van der Waals surface area (Å²) < 4.78 is 0. The van der Waals surface area contributed by atoms with Crippen LogP contribution in [0, 0.1) is 12.0 Å². The molecule has 1 aromatic carbocycles. The molecule has 1 unspecified atom stereocenters. The molecule has 0 saturated heterocycles. The van der Waals surface area contributed by atoms with Crippen LogP contribution in [0.4, 0.5) is 0 Å². The highest BCUT2D eigenvalue weighted by atomic mass is 16.1. The van der Waals surface area contributed by atoms with Gasteiger partial charge in [-0.15, -0.1) is 0 Å². The fourth-order valence-corrected chi connectivity index (χ4v) is 2.91. The Balaban J connectivity index is 0.000000331. The molecule has 3 rings (SSSR count). The Morgan fingerprint density at radius 1 is 1.27 bits per heavy atom. The summed E-state index contributed by atoms with van der Waals surface area (Å²) in [6.45, 7) is 6.21.